The van der Waals surface area contributed by atoms with Gasteiger partial charge in [-0.25, -0.2) is 0 Å². The maximum Gasteiger partial charge on any atom is 0.0584 e. The standard InChI is InChI=1S/C23H25NO.ClH/c1-15(2)12-20(14-25)24-13-19-9-8-18-7-6-16-4-3-5-17-10-11-21(19)23(18)22(16)17;/h3-11,15,20,24-25H,12-14H2,1-2H3;1H. The van der Waals surface area contributed by atoms with Gasteiger partial charge >= 0.3 is 0 Å². The monoisotopic (exact) mass is 367 g/mol. The van der Waals surface area contributed by atoms with Crippen molar-refractivity contribution in [3.8, 4) is 0 Å². The fraction of sp³-hybridized carbons (Fsp3) is 0.304. The molecule has 0 fully saturated rings. The van der Waals surface area contributed by atoms with Gasteiger partial charge in [-0.05, 0) is 50.2 Å². The van der Waals surface area contributed by atoms with Crippen LogP contribution >= 0.6 is 12.4 Å². The van der Waals surface area contributed by atoms with Crippen molar-refractivity contribution in [2.45, 2.75) is 32.9 Å². The van der Waals surface area contributed by atoms with Crippen molar-refractivity contribution in [2.24, 2.45) is 5.92 Å². The third-order valence-corrected chi connectivity index (χ3v) is 5.18. The molecule has 136 valence electrons. The van der Waals surface area contributed by atoms with Crippen LogP contribution in [0.15, 0.2) is 54.6 Å². The van der Waals surface area contributed by atoms with E-state index in [4.69, 9.17) is 0 Å². The van der Waals surface area contributed by atoms with Gasteiger partial charge in [0, 0.05) is 12.6 Å². The van der Waals surface area contributed by atoms with Crippen molar-refractivity contribution in [1.82, 2.24) is 5.32 Å². The molecule has 0 radical (unpaired) electrons. The summed E-state index contributed by atoms with van der Waals surface area (Å²) in [4.78, 5) is 0. The van der Waals surface area contributed by atoms with Gasteiger partial charge in [0.25, 0.3) is 0 Å². The topological polar surface area (TPSA) is 32.3 Å². The highest BCUT2D eigenvalue weighted by Gasteiger charge is 2.13. The Morgan fingerprint density at radius 2 is 1.46 bits per heavy atom. The third-order valence-electron chi connectivity index (χ3n) is 5.18. The first-order chi connectivity index (χ1) is 12.2. The van der Waals surface area contributed by atoms with E-state index in [2.05, 4.69) is 73.8 Å². The largest absolute Gasteiger partial charge is 0.395 e. The van der Waals surface area contributed by atoms with Gasteiger partial charge in [-0.15, -0.1) is 12.4 Å². The first-order valence-electron chi connectivity index (χ1n) is 9.17. The minimum Gasteiger partial charge on any atom is -0.395 e. The van der Waals surface area contributed by atoms with Crippen LogP contribution in [0.5, 0.6) is 0 Å². The second-order valence-electron chi connectivity index (χ2n) is 7.47. The molecule has 4 rings (SSSR count). The zero-order valence-corrected chi connectivity index (χ0v) is 16.1. The minimum absolute atomic E-state index is 0. The molecule has 0 aromatic heterocycles. The molecule has 2 nitrogen and oxygen atoms in total. The second kappa shape index (κ2) is 7.79. The van der Waals surface area contributed by atoms with E-state index in [1.807, 2.05) is 0 Å². The van der Waals surface area contributed by atoms with Crippen LogP contribution in [0, 0.1) is 5.92 Å². The van der Waals surface area contributed by atoms with Crippen molar-refractivity contribution >= 4 is 44.7 Å². The summed E-state index contributed by atoms with van der Waals surface area (Å²) in [5.74, 6) is 0.575. The average molecular weight is 368 g/mol. The second-order valence-corrected chi connectivity index (χ2v) is 7.47. The fourth-order valence-electron chi connectivity index (χ4n) is 4.00. The molecule has 0 heterocycles. The van der Waals surface area contributed by atoms with Gasteiger partial charge in [0.05, 0.1) is 6.61 Å². The number of hydrogen-bond acceptors (Lipinski definition) is 2. The van der Waals surface area contributed by atoms with Gasteiger partial charge in [-0.3, -0.25) is 0 Å². The van der Waals surface area contributed by atoms with E-state index in [0.29, 0.717) is 5.92 Å². The Morgan fingerprint density at radius 1 is 0.846 bits per heavy atom. The molecular weight excluding hydrogens is 342 g/mol. The smallest absolute Gasteiger partial charge is 0.0584 e. The number of aliphatic hydroxyl groups is 1. The summed E-state index contributed by atoms with van der Waals surface area (Å²) in [5, 5.41) is 21.1. The number of benzene rings is 4. The molecule has 0 amide bonds. The van der Waals surface area contributed by atoms with E-state index in [9.17, 15) is 5.11 Å². The summed E-state index contributed by atoms with van der Waals surface area (Å²) >= 11 is 0. The van der Waals surface area contributed by atoms with Crippen molar-refractivity contribution in [1.29, 1.82) is 0 Å². The highest BCUT2D eigenvalue weighted by Crippen LogP contribution is 2.35. The van der Waals surface area contributed by atoms with Crippen LogP contribution in [0.25, 0.3) is 32.3 Å². The van der Waals surface area contributed by atoms with Gasteiger partial charge in [-0.1, -0.05) is 68.4 Å². The predicted molar refractivity (Wildman–Crippen MR) is 115 cm³/mol. The highest BCUT2D eigenvalue weighted by molar-refractivity contribution is 6.23. The maximum atomic E-state index is 9.63. The molecule has 0 saturated heterocycles. The zero-order valence-electron chi connectivity index (χ0n) is 15.3. The van der Waals surface area contributed by atoms with E-state index >= 15 is 0 Å². The summed E-state index contributed by atoms with van der Waals surface area (Å²) in [6.45, 7) is 5.36. The molecule has 1 atom stereocenters. The Kier molecular flexibility index (Phi) is 5.67. The Hall–Kier alpha value is -1.87. The average Bonchev–Trinajstić information content (AvgIpc) is 2.63. The van der Waals surface area contributed by atoms with Gasteiger partial charge < -0.3 is 10.4 Å². The molecule has 0 spiro atoms. The van der Waals surface area contributed by atoms with E-state index < -0.39 is 0 Å². The number of nitrogens with one attached hydrogen (secondary N) is 1. The van der Waals surface area contributed by atoms with Crippen LogP contribution in [0.2, 0.25) is 0 Å². The lowest BCUT2D eigenvalue weighted by molar-refractivity contribution is 0.223. The Balaban J connectivity index is 0.00000196. The molecule has 3 heteroatoms. The number of hydrogen-bond donors (Lipinski definition) is 2. The van der Waals surface area contributed by atoms with Gasteiger partial charge in [-0.2, -0.15) is 0 Å². The molecule has 0 bridgehead atoms. The number of aliphatic hydroxyl groups excluding tert-OH is 1. The molecule has 0 aliphatic carbocycles. The summed E-state index contributed by atoms with van der Waals surface area (Å²) < 4.78 is 0. The van der Waals surface area contributed by atoms with E-state index in [-0.39, 0.29) is 25.1 Å². The molecule has 4 aromatic carbocycles. The van der Waals surface area contributed by atoms with Gasteiger partial charge in [0.15, 0.2) is 0 Å². The van der Waals surface area contributed by atoms with Crippen molar-refractivity contribution in [3.63, 3.8) is 0 Å². The van der Waals surface area contributed by atoms with Gasteiger partial charge in [0.2, 0.25) is 0 Å². The SMILES string of the molecule is CC(C)CC(CO)NCc1ccc2ccc3cccc4ccc1c2c34.Cl. The molecule has 0 saturated carbocycles. The third kappa shape index (κ3) is 3.37. The fourth-order valence-corrected chi connectivity index (χ4v) is 4.00. The van der Waals surface area contributed by atoms with E-state index in [0.717, 1.165) is 13.0 Å². The quantitative estimate of drug-likeness (QED) is 0.441. The van der Waals surface area contributed by atoms with Crippen LogP contribution in [-0.2, 0) is 6.54 Å². The summed E-state index contributed by atoms with van der Waals surface area (Å²) in [5.41, 5.74) is 1.30. The van der Waals surface area contributed by atoms with Crippen molar-refractivity contribution in [2.75, 3.05) is 6.61 Å². The summed E-state index contributed by atoms with van der Waals surface area (Å²) in [7, 11) is 0. The first-order valence-corrected chi connectivity index (χ1v) is 9.17. The zero-order chi connectivity index (χ0) is 17.4. The maximum absolute atomic E-state index is 9.63. The Morgan fingerprint density at radius 3 is 2.12 bits per heavy atom. The minimum atomic E-state index is 0. The lowest BCUT2D eigenvalue weighted by Crippen LogP contribution is -2.33. The first kappa shape index (κ1) is 18.9. The normalized spacial score (nSPS) is 12.9. The molecule has 2 N–H and O–H groups in total. The predicted octanol–water partition coefficient (Wildman–Crippen LogP) is 5.50. The van der Waals surface area contributed by atoms with Gasteiger partial charge in [0.1, 0.15) is 0 Å². The Labute approximate surface area is 161 Å². The lowest BCUT2D eigenvalue weighted by Gasteiger charge is -2.20. The molecule has 1 unspecified atom stereocenters. The van der Waals surface area contributed by atoms with Crippen LogP contribution in [-0.4, -0.2) is 17.8 Å². The van der Waals surface area contributed by atoms with Crippen LogP contribution < -0.4 is 5.32 Å². The van der Waals surface area contributed by atoms with Crippen molar-refractivity contribution < 1.29 is 5.11 Å². The Bertz CT molecular complexity index is 995. The van der Waals surface area contributed by atoms with Crippen LogP contribution in [0.3, 0.4) is 0 Å². The number of halogens is 1. The molecule has 4 aromatic rings. The van der Waals surface area contributed by atoms with Crippen molar-refractivity contribution in [3.05, 3.63) is 60.2 Å². The molecule has 0 aliphatic heterocycles. The molecule has 0 aliphatic rings. The number of rotatable bonds is 6. The highest BCUT2D eigenvalue weighted by atomic mass is 35.5. The summed E-state index contributed by atoms with van der Waals surface area (Å²) in [6, 6.07) is 20.0. The van der Waals surface area contributed by atoms with Crippen LogP contribution in [0.1, 0.15) is 25.8 Å². The lowest BCUT2D eigenvalue weighted by atomic mass is 9.92. The molecule has 26 heavy (non-hydrogen) atoms. The summed E-state index contributed by atoms with van der Waals surface area (Å²) in [6.07, 6.45) is 0.988. The van der Waals surface area contributed by atoms with E-state index in [1.165, 1.54) is 37.9 Å². The molecular formula is C23H26ClNO. The van der Waals surface area contributed by atoms with Crippen LogP contribution in [0.4, 0.5) is 0 Å². The van der Waals surface area contributed by atoms with E-state index in [1.54, 1.807) is 0 Å².